The molecule has 1 fully saturated rings. The maximum Gasteiger partial charge on any atom is 0.0791 e. The van der Waals surface area contributed by atoms with Crippen LogP contribution in [0.15, 0.2) is 22.7 Å². The highest BCUT2D eigenvalue weighted by atomic mass is 79.9. The van der Waals surface area contributed by atoms with Gasteiger partial charge in [-0.1, -0.05) is 22.0 Å². The largest absolute Gasteiger partial charge is 0.388 e. The summed E-state index contributed by atoms with van der Waals surface area (Å²) in [5.41, 5.74) is 2.17. The summed E-state index contributed by atoms with van der Waals surface area (Å²) in [6.07, 6.45) is 4.02. The molecular weight excluding hydrogens is 280 g/mol. The van der Waals surface area contributed by atoms with Crippen LogP contribution in [0.5, 0.6) is 0 Å². The van der Waals surface area contributed by atoms with E-state index in [0.717, 1.165) is 42.3 Å². The number of aryl methyl sites for hydroxylation is 1. The smallest absolute Gasteiger partial charge is 0.0791 e. The van der Waals surface area contributed by atoms with Crippen LogP contribution in [0.3, 0.4) is 0 Å². The minimum Gasteiger partial charge on any atom is -0.388 e. The van der Waals surface area contributed by atoms with Gasteiger partial charge in [-0.25, -0.2) is 0 Å². The standard InChI is InChI=1S/C14H19BrO2/c1-10-7-11(9-12(15)8-10)14(16)5-4-13-3-2-6-17-13/h7-9,13-14,16H,2-6H2,1H3. The van der Waals surface area contributed by atoms with E-state index in [4.69, 9.17) is 4.74 Å². The van der Waals surface area contributed by atoms with Gasteiger partial charge in [0.2, 0.25) is 0 Å². The van der Waals surface area contributed by atoms with Crippen molar-refractivity contribution in [1.29, 1.82) is 0 Å². The third kappa shape index (κ3) is 3.80. The topological polar surface area (TPSA) is 29.5 Å². The second-order valence-corrected chi connectivity index (χ2v) is 5.71. The Morgan fingerprint density at radius 2 is 2.29 bits per heavy atom. The Morgan fingerprint density at radius 3 is 2.94 bits per heavy atom. The highest BCUT2D eigenvalue weighted by molar-refractivity contribution is 9.10. The van der Waals surface area contributed by atoms with Gasteiger partial charge in [-0.15, -0.1) is 0 Å². The number of halogens is 1. The Labute approximate surface area is 111 Å². The second kappa shape index (κ2) is 5.98. The van der Waals surface area contributed by atoms with E-state index < -0.39 is 0 Å². The van der Waals surface area contributed by atoms with Crippen LogP contribution in [0.2, 0.25) is 0 Å². The molecule has 0 radical (unpaired) electrons. The van der Waals surface area contributed by atoms with E-state index in [0.29, 0.717) is 6.10 Å². The molecule has 2 rings (SSSR count). The predicted molar refractivity (Wildman–Crippen MR) is 72.0 cm³/mol. The van der Waals surface area contributed by atoms with E-state index in [9.17, 15) is 5.11 Å². The fraction of sp³-hybridized carbons (Fsp3) is 0.571. The van der Waals surface area contributed by atoms with Crippen LogP contribution in [0.1, 0.15) is 42.9 Å². The van der Waals surface area contributed by atoms with Crippen LogP contribution in [0.4, 0.5) is 0 Å². The van der Waals surface area contributed by atoms with Gasteiger partial charge < -0.3 is 9.84 Å². The second-order valence-electron chi connectivity index (χ2n) is 4.79. The monoisotopic (exact) mass is 298 g/mol. The fourth-order valence-electron chi connectivity index (χ4n) is 2.34. The minimum atomic E-state index is -0.379. The number of rotatable bonds is 4. The SMILES string of the molecule is Cc1cc(Br)cc(C(O)CCC2CCCO2)c1. The van der Waals surface area contributed by atoms with Crippen molar-refractivity contribution in [2.75, 3.05) is 6.61 Å². The van der Waals surface area contributed by atoms with Crippen molar-refractivity contribution in [2.45, 2.75) is 44.8 Å². The molecule has 2 atom stereocenters. The maximum atomic E-state index is 10.2. The summed E-state index contributed by atoms with van der Waals surface area (Å²) < 4.78 is 6.60. The van der Waals surface area contributed by atoms with Gasteiger partial charge in [0.25, 0.3) is 0 Å². The molecule has 0 saturated carbocycles. The van der Waals surface area contributed by atoms with Crippen LogP contribution < -0.4 is 0 Å². The van der Waals surface area contributed by atoms with E-state index in [-0.39, 0.29) is 6.10 Å². The first-order valence-corrected chi connectivity index (χ1v) is 7.01. The molecule has 1 aromatic carbocycles. The highest BCUT2D eigenvalue weighted by Crippen LogP contribution is 2.26. The third-order valence-corrected chi connectivity index (χ3v) is 3.69. The van der Waals surface area contributed by atoms with E-state index in [1.165, 1.54) is 5.56 Å². The molecule has 0 aliphatic carbocycles. The van der Waals surface area contributed by atoms with Gasteiger partial charge in [-0.3, -0.25) is 0 Å². The zero-order valence-corrected chi connectivity index (χ0v) is 11.7. The number of aliphatic hydroxyl groups is 1. The predicted octanol–water partition coefficient (Wildman–Crippen LogP) is 3.75. The Hall–Kier alpha value is -0.380. The molecule has 2 unspecified atom stereocenters. The highest BCUT2D eigenvalue weighted by Gasteiger charge is 2.17. The molecule has 1 heterocycles. The van der Waals surface area contributed by atoms with Crippen molar-refractivity contribution in [2.24, 2.45) is 0 Å². The van der Waals surface area contributed by atoms with Gasteiger partial charge in [-0.05, 0) is 55.9 Å². The maximum absolute atomic E-state index is 10.2. The van der Waals surface area contributed by atoms with Crippen molar-refractivity contribution in [3.63, 3.8) is 0 Å². The molecule has 0 bridgehead atoms. The van der Waals surface area contributed by atoms with E-state index in [2.05, 4.69) is 22.0 Å². The van der Waals surface area contributed by atoms with Crippen LogP contribution in [-0.2, 0) is 4.74 Å². The molecule has 1 aliphatic rings. The molecule has 1 aliphatic heterocycles. The van der Waals surface area contributed by atoms with Gasteiger partial charge in [0, 0.05) is 11.1 Å². The number of hydrogen-bond donors (Lipinski definition) is 1. The van der Waals surface area contributed by atoms with Crippen LogP contribution in [0, 0.1) is 6.92 Å². The van der Waals surface area contributed by atoms with Crippen molar-refractivity contribution in [1.82, 2.24) is 0 Å². The minimum absolute atomic E-state index is 0.359. The quantitative estimate of drug-likeness (QED) is 0.917. The first kappa shape index (κ1) is 13.1. The summed E-state index contributed by atoms with van der Waals surface area (Å²) in [5.74, 6) is 0. The van der Waals surface area contributed by atoms with Crippen molar-refractivity contribution < 1.29 is 9.84 Å². The van der Waals surface area contributed by atoms with Gasteiger partial charge in [-0.2, -0.15) is 0 Å². The Morgan fingerprint density at radius 1 is 1.47 bits per heavy atom. The average molecular weight is 299 g/mol. The van der Waals surface area contributed by atoms with Crippen LogP contribution in [0.25, 0.3) is 0 Å². The summed E-state index contributed by atoms with van der Waals surface area (Å²) in [6, 6.07) is 6.09. The molecule has 94 valence electrons. The summed E-state index contributed by atoms with van der Waals surface area (Å²) in [7, 11) is 0. The van der Waals surface area contributed by atoms with E-state index >= 15 is 0 Å². The lowest BCUT2D eigenvalue weighted by Gasteiger charge is -2.15. The number of ether oxygens (including phenoxy) is 1. The molecule has 0 spiro atoms. The molecule has 0 aromatic heterocycles. The number of aliphatic hydroxyl groups excluding tert-OH is 1. The normalized spacial score (nSPS) is 21.7. The van der Waals surface area contributed by atoms with Crippen molar-refractivity contribution in [3.8, 4) is 0 Å². The van der Waals surface area contributed by atoms with Gasteiger partial charge >= 0.3 is 0 Å². The molecule has 0 amide bonds. The van der Waals surface area contributed by atoms with Gasteiger partial charge in [0.1, 0.15) is 0 Å². The molecule has 2 nitrogen and oxygen atoms in total. The van der Waals surface area contributed by atoms with Crippen molar-refractivity contribution >= 4 is 15.9 Å². The molecule has 17 heavy (non-hydrogen) atoms. The Balaban J connectivity index is 1.91. The average Bonchev–Trinajstić information content (AvgIpc) is 2.77. The zero-order chi connectivity index (χ0) is 12.3. The molecule has 1 saturated heterocycles. The summed E-state index contributed by atoms with van der Waals surface area (Å²) >= 11 is 3.46. The fourth-order valence-corrected chi connectivity index (χ4v) is 2.96. The zero-order valence-electron chi connectivity index (χ0n) is 10.2. The molecular formula is C14H19BrO2. The number of benzene rings is 1. The molecule has 1 N–H and O–H groups in total. The molecule has 3 heteroatoms. The lowest BCUT2D eigenvalue weighted by molar-refractivity contribution is 0.0812. The third-order valence-electron chi connectivity index (χ3n) is 3.24. The van der Waals surface area contributed by atoms with Gasteiger partial charge in [0.15, 0.2) is 0 Å². The lowest BCUT2D eigenvalue weighted by Crippen LogP contribution is -2.08. The Kier molecular flexibility index (Phi) is 4.60. The summed E-state index contributed by atoms with van der Waals surface area (Å²) in [6.45, 7) is 2.93. The molecule has 1 aromatic rings. The van der Waals surface area contributed by atoms with Crippen molar-refractivity contribution in [3.05, 3.63) is 33.8 Å². The first-order chi connectivity index (χ1) is 8.15. The lowest BCUT2D eigenvalue weighted by atomic mass is 10.0. The van der Waals surface area contributed by atoms with Crippen LogP contribution >= 0.6 is 15.9 Å². The Bertz CT molecular complexity index is 352. The van der Waals surface area contributed by atoms with E-state index in [1.54, 1.807) is 0 Å². The summed E-state index contributed by atoms with van der Waals surface area (Å²) in [5, 5.41) is 10.2. The first-order valence-electron chi connectivity index (χ1n) is 6.22. The van der Waals surface area contributed by atoms with E-state index in [1.807, 2.05) is 19.1 Å². The number of hydrogen-bond acceptors (Lipinski definition) is 2. The van der Waals surface area contributed by atoms with Crippen LogP contribution in [-0.4, -0.2) is 17.8 Å². The van der Waals surface area contributed by atoms with Gasteiger partial charge in [0.05, 0.1) is 12.2 Å². The summed E-state index contributed by atoms with van der Waals surface area (Å²) in [4.78, 5) is 0.